The topological polar surface area (TPSA) is 52.0 Å². The van der Waals surface area contributed by atoms with Crippen LogP contribution in [0.2, 0.25) is 0 Å². The third kappa shape index (κ3) is 4.17. The molecule has 0 saturated heterocycles. The molecule has 3 aromatic carbocycles. The molecule has 2 nitrogen and oxygen atoms in total. The summed E-state index contributed by atoms with van der Waals surface area (Å²) in [5.74, 6) is 0. The number of aryl methyl sites for hydroxylation is 2. The number of benzene rings is 3. The van der Waals surface area contributed by atoms with Crippen LogP contribution in [0.5, 0.6) is 0 Å². The van der Waals surface area contributed by atoms with E-state index in [1.165, 1.54) is 28.7 Å². The molecule has 0 aliphatic carbocycles. The fraction of sp³-hybridized carbons (Fsp3) is 0.182. The molecule has 0 spiro atoms. The molecule has 0 saturated carbocycles. The van der Waals surface area contributed by atoms with Gasteiger partial charge in [-0.3, -0.25) is 0 Å². The number of hydrogen-bond donors (Lipinski definition) is 2. The second-order valence-electron chi connectivity index (χ2n) is 6.23. The molecule has 3 rings (SSSR count). The lowest BCUT2D eigenvalue weighted by atomic mass is 9.94. The zero-order chi connectivity index (χ0) is 16.8. The van der Waals surface area contributed by atoms with E-state index in [1.54, 1.807) is 0 Å². The van der Waals surface area contributed by atoms with E-state index in [1.807, 2.05) is 18.2 Å². The molecule has 0 bridgehead atoms. The van der Waals surface area contributed by atoms with Gasteiger partial charge in [0.25, 0.3) is 0 Å². The summed E-state index contributed by atoms with van der Waals surface area (Å²) in [6, 6.07) is 24.9. The van der Waals surface area contributed by atoms with E-state index < -0.39 is 0 Å². The Morgan fingerprint density at radius 1 is 0.625 bits per heavy atom. The van der Waals surface area contributed by atoms with E-state index >= 15 is 0 Å². The van der Waals surface area contributed by atoms with Gasteiger partial charge in [-0.25, -0.2) is 0 Å². The van der Waals surface area contributed by atoms with Crippen LogP contribution in [0.15, 0.2) is 72.8 Å². The third-order valence-corrected chi connectivity index (χ3v) is 4.36. The van der Waals surface area contributed by atoms with Crippen molar-refractivity contribution in [2.24, 2.45) is 0 Å². The molecule has 0 aliphatic heterocycles. The first-order valence-corrected chi connectivity index (χ1v) is 8.50. The summed E-state index contributed by atoms with van der Waals surface area (Å²) in [4.78, 5) is 0. The molecular formula is C22H24N2. The molecule has 2 heteroatoms. The first kappa shape index (κ1) is 16.1. The van der Waals surface area contributed by atoms with Gasteiger partial charge < -0.3 is 11.5 Å². The minimum atomic E-state index is 0.790. The van der Waals surface area contributed by atoms with Crippen LogP contribution < -0.4 is 11.5 Å². The maximum atomic E-state index is 6.00. The highest BCUT2D eigenvalue weighted by Crippen LogP contribution is 2.28. The minimum absolute atomic E-state index is 0.790. The van der Waals surface area contributed by atoms with Gasteiger partial charge in [-0.1, -0.05) is 48.5 Å². The maximum Gasteiger partial charge on any atom is 0.0317 e. The van der Waals surface area contributed by atoms with Gasteiger partial charge in [-0.2, -0.15) is 0 Å². The summed E-state index contributed by atoms with van der Waals surface area (Å²) in [5.41, 5.74) is 18.6. The summed E-state index contributed by atoms with van der Waals surface area (Å²) in [7, 11) is 0. The van der Waals surface area contributed by atoms with Crippen molar-refractivity contribution in [2.45, 2.75) is 25.7 Å². The first-order chi connectivity index (χ1) is 11.7. The molecule has 0 aromatic heterocycles. The second kappa shape index (κ2) is 7.69. The summed E-state index contributed by atoms with van der Waals surface area (Å²) in [6.45, 7) is 0. The second-order valence-corrected chi connectivity index (χ2v) is 6.23. The predicted molar refractivity (Wildman–Crippen MR) is 104 cm³/mol. The zero-order valence-corrected chi connectivity index (χ0v) is 13.9. The smallest absolute Gasteiger partial charge is 0.0317 e. The van der Waals surface area contributed by atoms with Crippen LogP contribution in [0.25, 0.3) is 11.1 Å². The number of nitrogen functional groups attached to an aromatic ring is 2. The predicted octanol–water partition coefficient (Wildman–Crippen LogP) is 5.08. The van der Waals surface area contributed by atoms with E-state index in [-0.39, 0.29) is 0 Å². The van der Waals surface area contributed by atoms with Crippen molar-refractivity contribution in [3.8, 4) is 11.1 Å². The number of nitrogens with two attached hydrogens (primary N) is 2. The standard InChI is InChI=1S/C22H24N2/c23-20-12-10-18(11-13-20)22-15-14-21(24)16-19(22)9-5-4-8-17-6-2-1-3-7-17/h1-3,6-7,10-16H,4-5,8-9,23-24H2. The number of rotatable bonds is 6. The average molecular weight is 316 g/mol. The molecular weight excluding hydrogens is 292 g/mol. The fourth-order valence-electron chi connectivity index (χ4n) is 3.05. The molecule has 3 aromatic rings. The van der Waals surface area contributed by atoms with Crippen LogP contribution in [-0.2, 0) is 12.8 Å². The van der Waals surface area contributed by atoms with Gasteiger partial charge in [0.15, 0.2) is 0 Å². The van der Waals surface area contributed by atoms with E-state index in [4.69, 9.17) is 11.5 Å². The molecule has 4 N–H and O–H groups in total. The fourth-order valence-corrected chi connectivity index (χ4v) is 3.05. The zero-order valence-electron chi connectivity index (χ0n) is 13.9. The van der Waals surface area contributed by atoms with Crippen molar-refractivity contribution >= 4 is 11.4 Å². The first-order valence-electron chi connectivity index (χ1n) is 8.50. The Balaban J connectivity index is 1.68. The van der Waals surface area contributed by atoms with Crippen LogP contribution in [0, 0.1) is 0 Å². The van der Waals surface area contributed by atoms with Crippen molar-refractivity contribution < 1.29 is 0 Å². The van der Waals surface area contributed by atoms with E-state index in [2.05, 4.69) is 54.6 Å². The average Bonchev–Trinajstić information content (AvgIpc) is 2.61. The highest BCUT2D eigenvalue weighted by atomic mass is 14.5. The van der Waals surface area contributed by atoms with Crippen molar-refractivity contribution in [3.63, 3.8) is 0 Å². The lowest BCUT2D eigenvalue weighted by Crippen LogP contribution is -1.95. The Labute approximate surface area is 144 Å². The molecule has 0 heterocycles. The van der Waals surface area contributed by atoms with Gasteiger partial charge in [-0.15, -0.1) is 0 Å². The lowest BCUT2D eigenvalue weighted by molar-refractivity contribution is 0.735. The molecule has 122 valence electrons. The number of anilines is 2. The largest absolute Gasteiger partial charge is 0.399 e. The normalized spacial score (nSPS) is 10.7. The molecule has 0 radical (unpaired) electrons. The Kier molecular flexibility index (Phi) is 5.17. The molecule has 0 aliphatic rings. The summed E-state index contributed by atoms with van der Waals surface area (Å²) < 4.78 is 0. The van der Waals surface area contributed by atoms with Gasteiger partial charge in [-0.05, 0) is 72.2 Å². The summed E-state index contributed by atoms with van der Waals surface area (Å²) in [6.07, 6.45) is 4.50. The number of unbranched alkanes of at least 4 members (excludes halogenated alkanes) is 1. The van der Waals surface area contributed by atoms with Crippen molar-refractivity contribution in [3.05, 3.63) is 83.9 Å². The van der Waals surface area contributed by atoms with Gasteiger partial charge in [0, 0.05) is 11.4 Å². The molecule has 24 heavy (non-hydrogen) atoms. The van der Waals surface area contributed by atoms with Crippen LogP contribution in [-0.4, -0.2) is 0 Å². The quantitative estimate of drug-likeness (QED) is 0.492. The van der Waals surface area contributed by atoms with E-state index in [0.717, 1.165) is 30.6 Å². The van der Waals surface area contributed by atoms with Crippen LogP contribution >= 0.6 is 0 Å². The SMILES string of the molecule is Nc1ccc(-c2ccc(N)cc2CCCCc2ccccc2)cc1. The Morgan fingerprint density at radius 3 is 2.04 bits per heavy atom. The van der Waals surface area contributed by atoms with Gasteiger partial charge in [0.1, 0.15) is 0 Å². The number of hydrogen-bond acceptors (Lipinski definition) is 2. The monoisotopic (exact) mass is 316 g/mol. The van der Waals surface area contributed by atoms with Crippen LogP contribution in [0.4, 0.5) is 11.4 Å². The lowest BCUT2D eigenvalue weighted by Gasteiger charge is -2.11. The molecule has 0 unspecified atom stereocenters. The third-order valence-electron chi connectivity index (χ3n) is 4.36. The van der Waals surface area contributed by atoms with Gasteiger partial charge >= 0.3 is 0 Å². The Morgan fingerprint density at radius 2 is 1.29 bits per heavy atom. The summed E-state index contributed by atoms with van der Waals surface area (Å²) in [5, 5.41) is 0. The van der Waals surface area contributed by atoms with Crippen molar-refractivity contribution in [1.82, 2.24) is 0 Å². The summed E-state index contributed by atoms with van der Waals surface area (Å²) >= 11 is 0. The maximum absolute atomic E-state index is 6.00. The van der Waals surface area contributed by atoms with E-state index in [9.17, 15) is 0 Å². The molecule has 0 amide bonds. The van der Waals surface area contributed by atoms with E-state index in [0.29, 0.717) is 0 Å². The highest BCUT2D eigenvalue weighted by Gasteiger charge is 2.06. The highest BCUT2D eigenvalue weighted by molar-refractivity contribution is 5.71. The van der Waals surface area contributed by atoms with Crippen LogP contribution in [0.3, 0.4) is 0 Å². The van der Waals surface area contributed by atoms with Gasteiger partial charge in [0.05, 0.1) is 0 Å². The van der Waals surface area contributed by atoms with Gasteiger partial charge in [0.2, 0.25) is 0 Å². The molecule has 0 fully saturated rings. The van der Waals surface area contributed by atoms with Crippen molar-refractivity contribution in [2.75, 3.05) is 11.5 Å². The Bertz CT molecular complexity index is 777. The van der Waals surface area contributed by atoms with Crippen molar-refractivity contribution in [1.29, 1.82) is 0 Å². The Hall–Kier alpha value is -2.74. The minimum Gasteiger partial charge on any atom is -0.399 e. The molecule has 0 atom stereocenters. The van der Waals surface area contributed by atoms with Crippen LogP contribution in [0.1, 0.15) is 24.0 Å².